The van der Waals surface area contributed by atoms with Gasteiger partial charge in [-0.15, -0.1) is 0 Å². The van der Waals surface area contributed by atoms with Gasteiger partial charge in [0.2, 0.25) is 5.91 Å². The molecule has 3 atom stereocenters. The molecule has 0 aliphatic carbocycles. The molecule has 11 nitrogen and oxygen atoms in total. The third-order valence-electron chi connectivity index (χ3n) is 6.58. The van der Waals surface area contributed by atoms with Crippen molar-refractivity contribution in [3.63, 3.8) is 0 Å². The maximum Gasteiger partial charge on any atom is 0.410 e. The van der Waals surface area contributed by atoms with E-state index in [1.807, 2.05) is 49.4 Å². The number of aromatic amines is 1. The monoisotopic (exact) mass is 594 g/mol. The van der Waals surface area contributed by atoms with Crippen LogP contribution in [-0.4, -0.2) is 63.3 Å². The van der Waals surface area contributed by atoms with Crippen molar-refractivity contribution in [1.29, 1.82) is 0 Å². The number of carbonyl (C=O) groups excluding carboxylic acids is 3. The van der Waals surface area contributed by atoms with Crippen LogP contribution >= 0.6 is 0 Å². The van der Waals surface area contributed by atoms with E-state index in [9.17, 15) is 14.4 Å². The van der Waals surface area contributed by atoms with Gasteiger partial charge < -0.3 is 35.7 Å². The number of hydrogen-bond donors (Lipinski definition) is 4. The van der Waals surface area contributed by atoms with E-state index in [1.165, 1.54) is 4.90 Å². The minimum atomic E-state index is -0.982. The second-order valence-corrected chi connectivity index (χ2v) is 12.7. The van der Waals surface area contributed by atoms with Crippen molar-refractivity contribution in [3.05, 3.63) is 66.2 Å². The lowest BCUT2D eigenvalue weighted by molar-refractivity contribution is -0.124. The molecule has 234 valence electrons. The van der Waals surface area contributed by atoms with Gasteiger partial charge in [-0.2, -0.15) is 0 Å². The Bertz CT molecular complexity index is 1360. The number of nitrogens with zero attached hydrogens (tertiary/aromatic N) is 2. The van der Waals surface area contributed by atoms with Crippen LogP contribution in [0.4, 0.5) is 9.59 Å². The molecule has 0 aliphatic rings. The molecular weight excluding hydrogens is 548 g/mol. The molecule has 0 saturated carbocycles. The Labute approximate surface area is 253 Å². The summed E-state index contributed by atoms with van der Waals surface area (Å²) in [5.74, 6) is -0.188. The quantitative estimate of drug-likeness (QED) is 0.243. The zero-order valence-electron chi connectivity index (χ0n) is 26.3. The van der Waals surface area contributed by atoms with Gasteiger partial charge in [-0.3, -0.25) is 4.79 Å². The van der Waals surface area contributed by atoms with E-state index in [4.69, 9.17) is 15.2 Å². The second kappa shape index (κ2) is 14.4. The smallest absolute Gasteiger partial charge is 0.410 e. The highest BCUT2D eigenvalue weighted by Gasteiger charge is 2.31. The first-order valence-electron chi connectivity index (χ1n) is 14.6. The minimum absolute atomic E-state index is 0.149. The highest BCUT2D eigenvalue weighted by molar-refractivity contribution is 5.89. The zero-order valence-corrected chi connectivity index (χ0v) is 26.3. The Kier molecular flexibility index (Phi) is 11.2. The van der Waals surface area contributed by atoms with Crippen molar-refractivity contribution in [2.75, 3.05) is 13.1 Å². The predicted molar refractivity (Wildman–Crippen MR) is 166 cm³/mol. The van der Waals surface area contributed by atoms with Gasteiger partial charge in [0.1, 0.15) is 23.1 Å². The first kappa shape index (κ1) is 33.4. The molecule has 3 aromatic rings. The summed E-state index contributed by atoms with van der Waals surface area (Å²) in [6.45, 7) is 13.0. The fourth-order valence-corrected chi connectivity index (χ4v) is 4.69. The number of nitrogens with two attached hydrogens (primary N) is 1. The predicted octanol–water partition coefficient (Wildman–Crippen LogP) is 5.04. The van der Waals surface area contributed by atoms with E-state index in [1.54, 1.807) is 53.9 Å². The summed E-state index contributed by atoms with van der Waals surface area (Å²) < 4.78 is 11.1. The van der Waals surface area contributed by atoms with Crippen LogP contribution in [0.15, 0.2) is 54.9 Å². The van der Waals surface area contributed by atoms with Crippen LogP contribution in [0.2, 0.25) is 0 Å². The first-order valence-corrected chi connectivity index (χ1v) is 14.6. The van der Waals surface area contributed by atoms with Gasteiger partial charge in [0.05, 0.1) is 12.6 Å². The van der Waals surface area contributed by atoms with Crippen LogP contribution in [0.1, 0.15) is 72.3 Å². The molecular formula is C32H46N6O5. The van der Waals surface area contributed by atoms with E-state index < -0.39 is 29.4 Å². The third-order valence-corrected chi connectivity index (χ3v) is 6.58. The van der Waals surface area contributed by atoms with Crippen LogP contribution < -0.4 is 16.4 Å². The SMILES string of the molecule is C[C@H](NC(=O)[C@H](CC(CN)CN(Cc1ncc[nH]1)C(=O)OC(C)(C)C)NC(=O)OC(C)(C)C)c1cccc2ccccc12. The van der Waals surface area contributed by atoms with Crippen molar-refractivity contribution in [1.82, 2.24) is 25.5 Å². The van der Waals surface area contributed by atoms with Crippen molar-refractivity contribution in [2.45, 2.75) is 84.7 Å². The molecule has 0 fully saturated rings. The number of carbonyl (C=O) groups is 3. The molecule has 5 N–H and O–H groups in total. The topological polar surface area (TPSA) is 152 Å². The molecule has 1 unspecified atom stereocenters. The second-order valence-electron chi connectivity index (χ2n) is 12.7. The molecule has 11 heteroatoms. The van der Waals surface area contributed by atoms with E-state index in [2.05, 4.69) is 20.6 Å². The fraction of sp³-hybridized carbons (Fsp3) is 0.500. The van der Waals surface area contributed by atoms with Crippen LogP contribution in [0.5, 0.6) is 0 Å². The Morgan fingerprint density at radius 2 is 1.65 bits per heavy atom. The van der Waals surface area contributed by atoms with Gasteiger partial charge in [0.25, 0.3) is 0 Å². The number of imidazole rings is 1. The number of amides is 3. The number of ether oxygens (including phenoxy) is 2. The Hall–Kier alpha value is -4.12. The number of nitrogens with one attached hydrogen (secondary N) is 3. The number of hydrogen-bond acceptors (Lipinski definition) is 7. The highest BCUT2D eigenvalue weighted by atomic mass is 16.6. The van der Waals surface area contributed by atoms with Crippen LogP contribution in [0, 0.1) is 5.92 Å². The Balaban J connectivity index is 1.83. The van der Waals surface area contributed by atoms with Gasteiger partial charge in [-0.05, 0) is 83.7 Å². The minimum Gasteiger partial charge on any atom is -0.444 e. The van der Waals surface area contributed by atoms with Gasteiger partial charge in [-0.1, -0.05) is 42.5 Å². The summed E-state index contributed by atoms with van der Waals surface area (Å²) in [7, 11) is 0. The molecule has 1 aromatic heterocycles. The van der Waals surface area contributed by atoms with Gasteiger partial charge in [0.15, 0.2) is 0 Å². The van der Waals surface area contributed by atoms with E-state index >= 15 is 0 Å². The average Bonchev–Trinajstić information content (AvgIpc) is 3.42. The molecule has 43 heavy (non-hydrogen) atoms. The molecule has 0 bridgehead atoms. The molecule has 3 amide bonds. The lowest BCUT2D eigenvalue weighted by Crippen LogP contribution is -2.51. The highest BCUT2D eigenvalue weighted by Crippen LogP contribution is 2.24. The summed E-state index contributed by atoms with van der Waals surface area (Å²) in [4.78, 5) is 48.5. The van der Waals surface area contributed by atoms with Crippen LogP contribution in [0.25, 0.3) is 10.8 Å². The van der Waals surface area contributed by atoms with E-state index in [-0.39, 0.29) is 43.9 Å². The molecule has 3 rings (SSSR count). The van der Waals surface area contributed by atoms with E-state index in [0.29, 0.717) is 5.82 Å². The number of benzene rings is 2. The number of rotatable bonds is 11. The summed E-state index contributed by atoms with van der Waals surface area (Å²) in [5.41, 5.74) is 5.66. The standard InChI is InChI=1S/C32H46N6O5/c1-21(24-14-10-12-23-11-8-9-13-25(23)24)36-28(39)26(37-29(40)42-31(2,3)4)17-22(18-33)19-38(20-27-34-15-16-35-27)30(41)43-32(5,6)7/h8-16,21-22,26H,17-20,33H2,1-7H3,(H,34,35)(H,36,39)(H,37,40)/t21-,22?,26-/m0/s1. The lowest BCUT2D eigenvalue weighted by atomic mass is 9.97. The van der Waals surface area contributed by atoms with Crippen LogP contribution in [-0.2, 0) is 20.8 Å². The normalized spacial score (nSPS) is 14.0. The number of fused-ring (bicyclic) bond motifs is 1. The fourth-order valence-electron chi connectivity index (χ4n) is 4.69. The summed E-state index contributed by atoms with van der Waals surface area (Å²) >= 11 is 0. The summed E-state index contributed by atoms with van der Waals surface area (Å²) in [6.07, 6.45) is 2.17. The molecule has 2 aromatic carbocycles. The zero-order chi connectivity index (χ0) is 31.8. The lowest BCUT2D eigenvalue weighted by Gasteiger charge is -2.31. The molecule has 0 aliphatic heterocycles. The van der Waals surface area contributed by atoms with Gasteiger partial charge >= 0.3 is 12.2 Å². The first-order chi connectivity index (χ1) is 20.1. The average molecular weight is 595 g/mol. The Morgan fingerprint density at radius 3 is 2.28 bits per heavy atom. The van der Waals surface area contributed by atoms with Gasteiger partial charge in [-0.25, -0.2) is 14.6 Å². The summed E-state index contributed by atoms with van der Waals surface area (Å²) in [6, 6.07) is 12.6. The van der Waals surface area contributed by atoms with Crippen molar-refractivity contribution in [3.8, 4) is 0 Å². The molecule has 0 spiro atoms. The number of aromatic nitrogens is 2. The van der Waals surface area contributed by atoms with Crippen molar-refractivity contribution in [2.24, 2.45) is 11.7 Å². The van der Waals surface area contributed by atoms with Crippen molar-refractivity contribution >= 4 is 28.9 Å². The van der Waals surface area contributed by atoms with E-state index in [0.717, 1.165) is 16.3 Å². The largest absolute Gasteiger partial charge is 0.444 e. The third kappa shape index (κ3) is 10.6. The molecule has 0 radical (unpaired) electrons. The maximum absolute atomic E-state index is 13.7. The maximum atomic E-state index is 13.7. The van der Waals surface area contributed by atoms with Gasteiger partial charge in [0, 0.05) is 18.9 Å². The number of alkyl carbamates (subject to hydrolysis) is 1. The van der Waals surface area contributed by atoms with Crippen molar-refractivity contribution < 1.29 is 23.9 Å². The molecule has 1 heterocycles. The molecule has 0 saturated heterocycles. The Morgan fingerprint density at radius 1 is 0.977 bits per heavy atom. The summed E-state index contributed by atoms with van der Waals surface area (Å²) in [5, 5.41) is 7.89. The van der Waals surface area contributed by atoms with Crippen LogP contribution in [0.3, 0.4) is 0 Å². The number of H-pyrrole nitrogens is 1.